The predicted octanol–water partition coefficient (Wildman–Crippen LogP) is 0.379. The van der Waals surface area contributed by atoms with E-state index in [-0.39, 0.29) is 11.9 Å². The van der Waals surface area contributed by atoms with Crippen molar-refractivity contribution in [1.29, 1.82) is 0 Å². The molecule has 0 radical (unpaired) electrons. The lowest BCUT2D eigenvalue weighted by Crippen LogP contribution is -2.37. The van der Waals surface area contributed by atoms with Gasteiger partial charge in [-0.15, -0.1) is 0 Å². The lowest BCUT2D eigenvalue weighted by molar-refractivity contribution is -0.121. The smallest absolute Gasteiger partial charge is 0.220 e. The fraction of sp³-hybridized carbons (Fsp3) is 0.600. The molecule has 0 aromatic carbocycles. The molecule has 1 aromatic rings. The first-order chi connectivity index (χ1) is 7.13. The van der Waals surface area contributed by atoms with Gasteiger partial charge in [0.1, 0.15) is 6.26 Å². The second-order valence-electron chi connectivity index (χ2n) is 3.63. The van der Waals surface area contributed by atoms with Crippen LogP contribution in [0.1, 0.15) is 24.6 Å². The van der Waals surface area contributed by atoms with E-state index in [1.54, 1.807) is 6.26 Å². The van der Waals surface area contributed by atoms with Gasteiger partial charge in [0, 0.05) is 24.6 Å². The maximum atomic E-state index is 11.4. The van der Waals surface area contributed by atoms with Crippen LogP contribution in [0.25, 0.3) is 0 Å². The van der Waals surface area contributed by atoms with Gasteiger partial charge in [0.05, 0.1) is 5.69 Å². The fourth-order valence-electron chi connectivity index (χ4n) is 1.21. The van der Waals surface area contributed by atoms with E-state index in [1.807, 2.05) is 13.8 Å². The van der Waals surface area contributed by atoms with E-state index in [2.05, 4.69) is 10.5 Å². The summed E-state index contributed by atoms with van der Waals surface area (Å²) in [5.41, 5.74) is 7.22. The van der Waals surface area contributed by atoms with Crippen LogP contribution in [0.3, 0.4) is 0 Å². The molecule has 0 fully saturated rings. The van der Waals surface area contributed by atoms with E-state index in [0.717, 1.165) is 11.3 Å². The quantitative estimate of drug-likeness (QED) is 0.737. The number of carbonyl (C=O) groups is 1. The number of carbonyl (C=O) groups excluding carboxylic acids is 1. The third-order valence-electron chi connectivity index (χ3n) is 2.23. The molecule has 1 rings (SSSR count). The normalized spacial score (nSPS) is 12.5. The molecule has 0 aliphatic rings. The maximum Gasteiger partial charge on any atom is 0.220 e. The Bertz CT molecular complexity index is 322. The van der Waals surface area contributed by atoms with Crippen LogP contribution in [0.15, 0.2) is 10.8 Å². The van der Waals surface area contributed by atoms with Crippen molar-refractivity contribution >= 4 is 5.91 Å². The van der Waals surface area contributed by atoms with Gasteiger partial charge >= 0.3 is 0 Å². The van der Waals surface area contributed by atoms with Gasteiger partial charge in [-0.25, -0.2) is 0 Å². The molecule has 0 aliphatic carbocycles. The van der Waals surface area contributed by atoms with Crippen LogP contribution in [-0.4, -0.2) is 23.7 Å². The number of aromatic nitrogens is 1. The zero-order chi connectivity index (χ0) is 11.3. The van der Waals surface area contributed by atoms with Gasteiger partial charge in [-0.2, -0.15) is 0 Å². The second kappa shape index (κ2) is 5.50. The summed E-state index contributed by atoms with van der Waals surface area (Å²) in [6, 6.07) is 0.0288. The third kappa shape index (κ3) is 3.71. The van der Waals surface area contributed by atoms with Crippen molar-refractivity contribution in [3.05, 3.63) is 17.5 Å². The number of nitrogens with one attached hydrogen (secondary N) is 1. The van der Waals surface area contributed by atoms with E-state index >= 15 is 0 Å². The molecule has 3 N–H and O–H groups in total. The van der Waals surface area contributed by atoms with E-state index < -0.39 is 0 Å². The zero-order valence-corrected chi connectivity index (χ0v) is 9.12. The highest BCUT2D eigenvalue weighted by molar-refractivity contribution is 5.76. The van der Waals surface area contributed by atoms with Crippen molar-refractivity contribution in [3.8, 4) is 0 Å². The van der Waals surface area contributed by atoms with Crippen LogP contribution in [0.5, 0.6) is 0 Å². The van der Waals surface area contributed by atoms with Gasteiger partial charge in [0.2, 0.25) is 5.91 Å². The van der Waals surface area contributed by atoms with Gasteiger partial charge in [-0.05, 0) is 20.3 Å². The molecule has 1 amide bonds. The van der Waals surface area contributed by atoms with Crippen molar-refractivity contribution in [3.63, 3.8) is 0 Å². The number of hydrogen-bond acceptors (Lipinski definition) is 4. The summed E-state index contributed by atoms with van der Waals surface area (Å²) in [6.45, 7) is 4.19. The summed E-state index contributed by atoms with van der Waals surface area (Å²) in [5, 5.41) is 6.54. The van der Waals surface area contributed by atoms with Crippen LogP contribution < -0.4 is 11.1 Å². The molecular formula is C10H17N3O2. The monoisotopic (exact) mass is 211 g/mol. The number of hydrogen-bond donors (Lipinski definition) is 2. The standard InChI is InChI=1S/C10H17N3O2/c1-7(5-11)12-10(14)4-3-9-6-15-13-8(9)2/h6-7H,3-5,11H2,1-2H3,(H,12,14). The van der Waals surface area contributed by atoms with Crippen molar-refractivity contribution in [2.24, 2.45) is 5.73 Å². The summed E-state index contributed by atoms with van der Waals surface area (Å²) in [6.07, 6.45) is 2.67. The Kier molecular flexibility index (Phi) is 4.30. The molecule has 1 heterocycles. The Balaban J connectivity index is 2.31. The molecule has 1 aromatic heterocycles. The third-order valence-corrected chi connectivity index (χ3v) is 2.23. The highest BCUT2D eigenvalue weighted by Gasteiger charge is 2.08. The molecule has 0 spiro atoms. The molecule has 84 valence electrons. The Morgan fingerprint density at radius 3 is 3.00 bits per heavy atom. The molecule has 15 heavy (non-hydrogen) atoms. The van der Waals surface area contributed by atoms with E-state index in [4.69, 9.17) is 10.3 Å². The Hall–Kier alpha value is -1.36. The molecule has 0 saturated carbocycles. The summed E-state index contributed by atoms with van der Waals surface area (Å²) < 4.78 is 4.78. The largest absolute Gasteiger partial charge is 0.364 e. The Morgan fingerprint density at radius 2 is 2.47 bits per heavy atom. The molecule has 5 nitrogen and oxygen atoms in total. The van der Waals surface area contributed by atoms with Gasteiger partial charge in [-0.1, -0.05) is 5.16 Å². The van der Waals surface area contributed by atoms with Crippen LogP contribution in [0.2, 0.25) is 0 Å². The summed E-state index contributed by atoms with van der Waals surface area (Å²) >= 11 is 0. The van der Waals surface area contributed by atoms with Crippen molar-refractivity contribution in [2.75, 3.05) is 6.54 Å². The fourth-order valence-corrected chi connectivity index (χ4v) is 1.21. The maximum absolute atomic E-state index is 11.4. The summed E-state index contributed by atoms with van der Waals surface area (Å²) in [5.74, 6) is 0.00792. The number of nitrogens with two attached hydrogens (primary N) is 1. The van der Waals surface area contributed by atoms with Crippen molar-refractivity contribution < 1.29 is 9.32 Å². The van der Waals surface area contributed by atoms with Crippen LogP contribution >= 0.6 is 0 Å². The molecule has 0 bridgehead atoms. The number of nitrogens with zero attached hydrogens (tertiary/aromatic N) is 1. The number of aryl methyl sites for hydroxylation is 2. The molecular weight excluding hydrogens is 194 g/mol. The van der Waals surface area contributed by atoms with Crippen LogP contribution in [0.4, 0.5) is 0 Å². The lowest BCUT2D eigenvalue weighted by atomic mass is 10.1. The zero-order valence-electron chi connectivity index (χ0n) is 9.12. The van der Waals surface area contributed by atoms with E-state index in [1.165, 1.54) is 0 Å². The van der Waals surface area contributed by atoms with Crippen LogP contribution in [0, 0.1) is 6.92 Å². The average Bonchev–Trinajstić information content (AvgIpc) is 2.61. The molecule has 5 heteroatoms. The first kappa shape index (κ1) is 11.7. The number of rotatable bonds is 5. The molecule has 0 saturated heterocycles. The second-order valence-corrected chi connectivity index (χ2v) is 3.63. The van der Waals surface area contributed by atoms with E-state index in [9.17, 15) is 4.79 Å². The highest BCUT2D eigenvalue weighted by atomic mass is 16.5. The topological polar surface area (TPSA) is 81.2 Å². The van der Waals surface area contributed by atoms with Gasteiger partial charge in [-0.3, -0.25) is 4.79 Å². The minimum absolute atomic E-state index is 0.00792. The van der Waals surface area contributed by atoms with Gasteiger partial charge in [0.25, 0.3) is 0 Å². The minimum Gasteiger partial charge on any atom is -0.364 e. The first-order valence-electron chi connectivity index (χ1n) is 5.02. The minimum atomic E-state index is 0.00792. The predicted molar refractivity (Wildman–Crippen MR) is 56.2 cm³/mol. The Labute approximate surface area is 89.0 Å². The van der Waals surface area contributed by atoms with E-state index in [0.29, 0.717) is 19.4 Å². The Morgan fingerprint density at radius 1 is 1.73 bits per heavy atom. The molecule has 0 aliphatic heterocycles. The summed E-state index contributed by atoms with van der Waals surface area (Å²) in [7, 11) is 0. The number of amides is 1. The SMILES string of the molecule is Cc1nocc1CCC(=O)NC(C)CN. The van der Waals surface area contributed by atoms with Crippen molar-refractivity contribution in [1.82, 2.24) is 10.5 Å². The molecule has 1 unspecified atom stereocenters. The highest BCUT2D eigenvalue weighted by Crippen LogP contribution is 2.07. The molecule has 1 atom stereocenters. The van der Waals surface area contributed by atoms with Gasteiger partial charge in [0.15, 0.2) is 0 Å². The van der Waals surface area contributed by atoms with Crippen LogP contribution in [-0.2, 0) is 11.2 Å². The lowest BCUT2D eigenvalue weighted by Gasteiger charge is -2.10. The first-order valence-corrected chi connectivity index (χ1v) is 5.02. The summed E-state index contributed by atoms with van der Waals surface area (Å²) in [4.78, 5) is 11.4. The van der Waals surface area contributed by atoms with Crippen molar-refractivity contribution in [2.45, 2.75) is 32.7 Å². The van der Waals surface area contributed by atoms with Gasteiger partial charge < -0.3 is 15.6 Å². The average molecular weight is 211 g/mol.